The van der Waals surface area contributed by atoms with Gasteiger partial charge in [-0.1, -0.05) is 12.1 Å². The van der Waals surface area contributed by atoms with Crippen LogP contribution in [0.1, 0.15) is 24.0 Å². The van der Waals surface area contributed by atoms with E-state index < -0.39 is 0 Å². The van der Waals surface area contributed by atoms with Gasteiger partial charge in [-0.25, -0.2) is 0 Å². The van der Waals surface area contributed by atoms with Crippen LogP contribution in [-0.2, 0) is 11.3 Å². The highest BCUT2D eigenvalue weighted by Gasteiger charge is 2.32. The van der Waals surface area contributed by atoms with E-state index in [0.717, 1.165) is 50.0 Å². The van der Waals surface area contributed by atoms with E-state index in [1.165, 1.54) is 12.8 Å². The van der Waals surface area contributed by atoms with Crippen molar-refractivity contribution < 1.29 is 4.74 Å². The van der Waals surface area contributed by atoms with Crippen molar-refractivity contribution in [3.63, 3.8) is 0 Å². The third kappa shape index (κ3) is 3.57. The summed E-state index contributed by atoms with van der Waals surface area (Å²) in [6, 6.07) is 10.8. The number of rotatable bonds is 5. The van der Waals surface area contributed by atoms with E-state index in [-0.39, 0.29) is 0 Å². The molecule has 3 rings (SSSR count). The van der Waals surface area contributed by atoms with Gasteiger partial charge in [0.15, 0.2) is 0 Å². The van der Waals surface area contributed by atoms with Gasteiger partial charge in [0, 0.05) is 32.2 Å². The molecule has 1 heterocycles. The summed E-state index contributed by atoms with van der Waals surface area (Å²) >= 11 is 0. The van der Waals surface area contributed by atoms with Gasteiger partial charge >= 0.3 is 0 Å². The molecule has 1 saturated carbocycles. The average Bonchev–Trinajstić information content (AvgIpc) is 3.33. The molecule has 1 saturated heterocycles. The first-order valence-electron chi connectivity index (χ1n) is 7.40. The standard InChI is InChI=1S/C16H21N3O/c17-9-13-2-1-3-14(8-13)10-18-11-16-12-19(6-7-20-16)15-4-5-15/h1-3,8,15-16,18H,4-7,10-12H2/t16-/m0/s1. The third-order valence-electron chi connectivity index (χ3n) is 3.99. The minimum atomic E-state index is 0.295. The lowest BCUT2D eigenvalue weighted by atomic mass is 10.1. The Balaban J connectivity index is 1.43. The Hall–Kier alpha value is -1.41. The lowest BCUT2D eigenvalue weighted by Crippen LogP contribution is -2.47. The first-order valence-corrected chi connectivity index (χ1v) is 7.40. The molecule has 1 aliphatic heterocycles. The number of nitrogens with zero attached hydrogens (tertiary/aromatic N) is 2. The number of hydrogen-bond donors (Lipinski definition) is 1. The Morgan fingerprint density at radius 2 is 2.30 bits per heavy atom. The summed E-state index contributed by atoms with van der Waals surface area (Å²) < 4.78 is 5.81. The van der Waals surface area contributed by atoms with E-state index in [1.807, 2.05) is 24.3 Å². The maximum absolute atomic E-state index is 8.88. The molecule has 0 aromatic heterocycles. The number of nitriles is 1. The molecule has 20 heavy (non-hydrogen) atoms. The van der Waals surface area contributed by atoms with E-state index in [0.29, 0.717) is 6.10 Å². The zero-order valence-corrected chi connectivity index (χ0v) is 11.7. The van der Waals surface area contributed by atoms with Crippen molar-refractivity contribution in [3.05, 3.63) is 35.4 Å². The van der Waals surface area contributed by atoms with Crippen LogP contribution >= 0.6 is 0 Å². The SMILES string of the molecule is N#Cc1cccc(CNC[C@H]2CN(C3CC3)CCO2)c1. The molecule has 1 aromatic rings. The highest BCUT2D eigenvalue weighted by molar-refractivity contribution is 5.32. The maximum atomic E-state index is 8.88. The van der Waals surface area contributed by atoms with E-state index >= 15 is 0 Å². The Labute approximate surface area is 120 Å². The minimum Gasteiger partial charge on any atom is -0.374 e. The lowest BCUT2D eigenvalue weighted by molar-refractivity contribution is -0.0301. The number of hydrogen-bond acceptors (Lipinski definition) is 4. The largest absolute Gasteiger partial charge is 0.374 e. The predicted octanol–water partition coefficient (Wildman–Crippen LogP) is 1.51. The van der Waals surface area contributed by atoms with Gasteiger partial charge in [-0.2, -0.15) is 5.26 Å². The van der Waals surface area contributed by atoms with Gasteiger partial charge in [0.05, 0.1) is 24.3 Å². The molecule has 4 heteroatoms. The Morgan fingerprint density at radius 1 is 1.40 bits per heavy atom. The quantitative estimate of drug-likeness (QED) is 0.882. The molecular formula is C16H21N3O. The topological polar surface area (TPSA) is 48.3 Å². The van der Waals surface area contributed by atoms with E-state index in [9.17, 15) is 0 Å². The van der Waals surface area contributed by atoms with Gasteiger partial charge in [-0.15, -0.1) is 0 Å². The highest BCUT2D eigenvalue weighted by atomic mass is 16.5. The van der Waals surface area contributed by atoms with Crippen LogP contribution in [0.2, 0.25) is 0 Å². The molecule has 1 atom stereocenters. The summed E-state index contributed by atoms with van der Waals surface area (Å²) in [4.78, 5) is 2.56. The molecule has 2 aliphatic rings. The fourth-order valence-electron chi connectivity index (χ4n) is 2.77. The smallest absolute Gasteiger partial charge is 0.0991 e. The molecule has 1 aliphatic carbocycles. The van der Waals surface area contributed by atoms with E-state index in [4.69, 9.17) is 10.00 Å². The second kappa shape index (κ2) is 6.36. The summed E-state index contributed by atoms with van der Waals surface area (Å²) in [6.45, 7) is 4.66. The van der Waals surface area contributed by atoms with Crippen molar-refractivity contribution >= 4 is 0 Å². The van der Waals surface area contributed by atoms with Crippen molar-refractivity contribution in [2.45, 2.75) is 31.5 Å². The lowest BCUT2D eigenvalue weighted by Gasteiger charge is -2.33. The molecule has 0 bridgehead atoms. The second-order valence-electron chi connectivity index (χ2n) is 5.66. The molecule has 0 radical (unpaired) electrons. The van der Waals surface area contributed by atoms with Crippen LogP contribution in [0.25, 0.3) is 0 Å². The van der Waals surface area contributed by atoms with Gasteiger partial charge in [0.1, 0.15) is 0 Å². The molecular weight excluding hydrogens is 250 g/mol. The van der Waals surface area contributed by atoms with E-state index in [2.05, 4.69) is 16.3 Å². The zero-order valence-electron chi connectivity index (χ0n) is 11.7. The molecule has 1 N–H and O–H groups in total. The summed E-state index contributed by atoms with van der Waals surface area (Å²) in [7, 11) is 0. The molecule has 106 valence electrons. The Bertz CT molecular complexity index is 493. The van der Waals surface area contributed by atoms with Gasteiger partial charge in [-0.05, 0) is 30.5 Å². The van der Waals surface area contributed by atoms with Crippen LogP contribution in [0.3, 0.4) is 0 Å². The van der Waals surface area contributed by atoms with Crippen molar-refractivity contribution in [1.29, 1.82) is 5.26 Å². The van der Waals surface area contributed by atoms with Crippen molar-refractivity contribution in [3.8, 4) is 6.07 Å². The number of benzene rings is 1. The number of ether oxygens (including phenoxy) is 1. The molecule has 1 aromatic carbocycles. The van der Waals surface area contributed by atoms with Crippen molar-refractivity contribution in [2.24, 2.45) is 0 Å². The zero-order chi connectivity index (χ0) is 13.8. The van der Waals surface area contributed by atoms with E-state index in [1.54, 1.807) is 0 Å². The minimum absolute atomic E-state index is 0.295. The maximum Gasteiger partial charge on any atom is 0.0991 e. The van der Waals surface area contributed by atoms with Crippen LogP contribution in [-0.4, -0.2) is 43.3 Å². The van der Waals surface area contributed by atoms with Crippen molar-refractivity contribution in [2.75, 3.05) is 26.2 Å². The predicted molar refractivity (Wildman–Crippen MR) is 77.2 cm³/mol. The van der Waals surface area contributed by atoms with Crippen LogP contribution < -0.4 is 5.32 Å². The highest BCUT2D eigenvalue weighted by Crippen LogP contribution is 2.28. The van der Waals surface area contributed by atoms with Crippen LogP contribution in [0, 0.1) is 11.3 Å². The monoisotopic (exact) mass is 271 g/mol. The summed E-state index contributed by atoms with van der Waals surface area (Å²) in [5, 5.41) is 12.3. The molecule has 0 unspecified atom stereocenters. The first kappa shape index (κ1) is 13.6. The molecule has 0 spiro atoms. The fraction of sp³-hybridized carbons (Fsp3) is 0.562. The summed E-state index contributed by atoms with van der Waals surface area (Å²) in [5.41, 5.74) is 1.87. The van der Waals surface area contributed by atoms with Crippen LogP contribution in [0.15, 0.2) is 24.3 Å². The molecule has 4 nitrogen and oxygen atoms in total. The Morgan fingerprint density at radius 3 is 3.10 bits per heavy atom. The van der Waals surface area contributed by atoms with Gasteiger partial charge < -0.3 is 10.1 Å². The number of nitrogens with one attached hydrogen (secondary N) is 1. The average molecular weight is 271 g/mol. The number of morpholine rings is 1. The van der Waals surface area contributed by atoms with Gasteiger partial charge in [-0.3, -0.25) is 4.90 Å². The first-order chi connectivity index (χ1) is 9.85. The Kier molecular flexibility index (Phi) is 4.31. The third-order valence-corrected chi connectivity index (χ3v) is 3.99. The summed E-state index contributed by atoms with van der Waals surface area (Å²) in [6.07, 6.45) is 3.02. The second-order valence-corrected chi connectivity index (χ2v) is 5.66. The van der Waals surface area contributed by atoms with Gasteiger partial charge in [0.25, 0.3) is 0 Å². The normalized spacial score (nSPS) is 23.4. The summed E-state index contributed by atoms with van der Waals surface area (Å²) in [5.74, 6) is 0. The van der Waals surface area contributed by atoms with Gasteiger partial charge in [0.2, 0.25) is 0 Å². The van der Waals surface area contributed by atoms with Crippen LogP contribution in [0.5, 0.6) is 0 Å². The molecule has 2 fully saturated rings. The molecule has 0 amide bonds. The van der Waals surface area contributed by atoms with Crippen molar-refractivity contribution in [1.82, 2.24) is 10.2 Å². The van der Waals surface area contributed by atoms with Crippen LogP contribution in [0.4, 0.5) is 0 Å². The fourth-order valence-corrected chi connectivity index (χ4v) is 2.77.